The fourth-order valence-corrected chi connectivity index (χ4v) is 3.68. The van der Waals surface area contributed by atoms with Crippen molar-refractivity contribution in [3.05, 3.63) is 0 Å². The van der Waals surface area contributed by atoms with Gasteiger partial charge in [-0.2, -0.15) is 0 Å². The van der Waals surface area contributed by atoms with Crippen LogP contribution in [-0.4, -0.2) is 42.7 Å². The Balaban J connectivity index is 3.01. The van der Waals surface area contributed by atoms with E-state index < -0.39 is 8.24 Å². The van der Waals surface area contributed by atoms with E-state index >= 15 is 0 Å². The van der Waals surface area contributed by atoms with E-state index in [2.05, 4.69) is 19.6 Å². The molecule has 4 nitrogen and oxygen atoms in total. The molecule has 1 atom stereocenters. The van der Waals surface area contributed by atoms with Gasteiger partial charge >= 0.3 is 6.03 Å². The molecule has 1 unspecified atom stereocenters. The van der Waals surface area contributed by atoms with Gasteiger partial charge in [-0.3, -0.25) is 9.69 Å². The molecule has 1 fully saturated rings. The monoisotopic (exact) mass is 200 g/mol. The standard InChI is InChI=1S/C8H16N2O2Si/c1-6-7(11)9(2)8(12)10(6)13(3,4)5/h6H,1-5H3. The molecule has 74 valence electrons. The lowest BCUT2D eigenvalue weighted by molar-refractivity contribution is -0.126. The van der Waals surface area contributed by atoms with Crippen LogP contribution in [0.15, 0.2) is 0 Å². The first-order valence-electron chi connectivity index (χ1n) is 4.37. The van der Waals surface area contributed by atoms with Gasteiger partial charge in [0.25, 0.3) is 5.91 Å². The second kappa shape index (κ2) is 2.83. The van der Waals surface area contributed by atoms with Crippen molar-refractivity contribution < 1.29 is 9.59 Å². The second-order valence-electron chi connectivity index (χ2n) is 4.40. The van der Waals surface area contributed by atoms with E-state index in [-0.39, 0.29) is 18.0 Å². The molecule has 1 heterocycles. The molecular weight excluding hydrogens is 184 g/mol. The molecule has 3 amide bonds. The molecule has 0 saturated carbocycles. The summed E-state index contributed by atoms with van der Waals surface area (Å²) in [4.78, 5) is 24.3. The summed E-state index contributed by atoms with van der Waals surface area (Å²) >= 11 is 0. The van der Waals surface area contributed by atoms with E-state index in [1.54, 1.807) is 18.5 Å². The Labute approximate surface area is 79.6 Å². The molecule has 0 aromatic heterocycles. The second-order valence-corrected chi connectivity index (χ2v) is 9.22. The van der Waals surface area contributed by atoms with Crippen LogP contribution >= 0.6 is 0 Å². The zero-order valence-corrected chi connectivity index (χ0v) is 9.79. The summed E-state index contributed by atoms with van der Waals surface area (Å²) in [5.41, 5.74) is 0. The van der Waals surface area contributed by atoms with Crippen molar-refractivity contribution in [3.8, 4) is 0 Å². The number of carbonyl (C=O) groups is 2. The van der Waals surface area contributed by atoms with Gasteiger partial charge in [-0.1, -0.05) is 19.6 Å². The highest BCUT2D eigenvalue weighted by atomic mass is 28.3. The Morgan fingerprint density at radius 1 is 1.23 bits per heavy atom. The van der Waals surface area contributed by atoms with Crippen LogP contribution in [0, 0.1) is 0 Å². The summed E-state index contributed by atoms with van der Waals surface area (Å²) in [6, 6.07) is -0.416. The largest absolute Gasteiger partial charge is 0.341 e. The molecule has 0 radical (unpaired) electrons. The summed E-state index contributed by atoms with van der Waals surface area (Å²) in [5, 5.41) is 0. The van der Waals surface area contributed by atoms with Crippen LogP contribution in [0.4, 0.5) is 4.79 Å². The summed E-state index contributed by atoms with van der Waals surface area (Å²) in [5.74, 6) is -0.0903. The number of hydrogen-bond acceptors (Lipinski definition) is 2. The molecule has 1 saturated heterocycles. The van der Waals surface area contributed by atoms with E-state index in [0.29, 0.717) is 0 Å². The average molecular weight is 200 g/mol. The molecule has 0 spiro atoms. The molecule has 0 aliphatic carbocycles. The van der Waals surface area contributed by atoms with E-state index in [4.69, 9.17) is 0 Å². The molecule has 1 aliphatic heterocycles. The van der Waals surface area contributed by atoms with Gasteiger partial charge in [-0.05, 0) is 6.92 Å². The van der Waals surface area contributed by atoms with Gasteiger partial charge in [0.15, 0.2) is 8.24 Å². The fourth-order valence-electron chi connectivity index (χ4n) is 1.68. The minimum Gasteiger partial charge on any atom is -0.341 e. The quantitative estimate of drug-likeness (QED) is 0.470. The highest BCUT2D eigenvalue weighted by molar-refractivity contribution is 6.76. The molecule has 13 heavy (non-hydrogen) atoms. The smallest absolute Gasteiger partial charge is 0.319 e. The number of nitrogens with zero attached hydrogens (tertiary/aromatic N) is 2. The molecule has 0 N–H and O–H groups in total. The molecule has 5 heteroatoms. The van der Waals surface area contributed by atoms with Crippen molar-refractivity contribution in [1.29, 1.82) is 0 Å². The first-order valence-corrected chi connectivity index (χ1v) is 7.82. The van der Waals surface area contributed by atoms with E-state index in [9.17, 15) is 9.59 Å². The third kappa shape index (κ3) is 1.48. The molecule has 0 aromatic rings. The van der Waals surface area contributed by atoms with Crippen LogP contribution < -0.4 is 0 Å². The van der Waals surface area contributed by atoms with Crippen molar-refractivity contribution in [2.45, 2.75) is 32.6 Å². The average Bonchev–Trinajstić information content (AvgIpc) is 2.14. The zero-order chi connectivity index (χ0) is 10.4. The number of amides is 3. The zero-order valence-electron chi connectivity index (χ0n) is 8.79. The van der Waals surface area contributed by atoms with Gasteiger partial charge in [0.2, 0.25) is 0 Å². The van der Waals surface area contributed by atoms with Gasteiger partial charge in [0.1, 0.15) is 6.04 Å². The lowest BCUT2D eigenvalue weighted by Gasteiger charge is -2.31. The number of urea groups is 1. The molecule has 1 aliphatic rings. The minimum absolute atomic E-state index is 0.0903. The third-order valence-electron chi connectivity index (χ3n) is 2.29. The summed E-state index contributed by atoms with van der Waals surface area (Å²) in [6.45, 7) is 7.98. The van der Waals surface area contributed by atoms with Gasteiger partial charge in [0, 0.05) is 7.05 Å². The maximum absolute atomic E-state index is 11.6. The Hall–Kier alpha value is -0.843. The highest BCUT2D eigenvalue weighted by Crippen LogP contribution is 2.22. The Morgan fingerprint density at radius 2 is 1.69 bits per heavy atom. The Kier molecular flexibility index (Phi) is 2.23. The van der Waals surface area contributed by atoms with Crippen LogP contribution in [0.3, 0.4) is 0 Å². The first kappa shape index (κ1) is 10.2. The third-order valence-corrected chi connectivity index (χ3v) is 4.31. The van der Waals surface area contributed by atoms with Crippen molar-refractivity contribution in [3.63, 3.8) is 0 Å². The Bertz CT molecular complexity index is 259. The van der Waals surface area contributed by atoms with Gasteiger partial charge in [-0.15, -0.1) is 0 Å². The summed E-state index contributed by atoms with van der Waals surface area (Å²) in [7, 11) is -0.170. The maximum atomic E-state index is 11.6. The van der Waals surface area contributed by atoms with Gasteiger partial charge in [-0.25, -0.2) is 4.79 Å². The first-order chi connectivity index (χ1) is 5.76. The van der Waals surface area contributed by atoms with Crippen molar-refractivity contribution >= 4 is 20.2 Å². The number of imide groups is 1. The lowest BCUT2D eigenvalue weighted by Crippen LogP contribution is -2.51. The fraction of sp³-hybridized carbons (Fsp3) is 0.750. The number of likely N-dealkylation sites (N-methyl/N-ethyl adjacent to an activating group) is 1. The number of carbonyl (C=O) groups excluding carboxylic acids is 2. The highest BCUT2D eigenvalue weighted by Gasteiger charge is 2.45. The normalized spacial score (nSPS) is 24.5. The molecular formula is C8H16N2O2Si. The van der Waals surface area contributed by atoms with Crippen molar-refractivity contribution in [1.82, 2.24) is 9.47 Å². The van der Waals surface area contributed by atoms with Gasteiger partial charge in [0.05, 0.1) is 0 Å². The Morgan fingerprint density at radius 3 is 1.85 bits per heavy atom. The summed E-state index contributed by atoms with van der Waals surface area (Å²) < 4.78 is 1.75. The maximum Gasteiger partial charge on any atom is 0.319 e. The number of hydrogen-bond donors (Lipinski definition) is 0. The lowest BCUT2D eigenvalue weighted by atomic mass is 10.3. The predicted molar refractivity (Wildman–Crippen MR) is 52.8 cm³/mol. The van der Waals surface area contributed by atoms with E-state index in [1.165, 1.54) is 4.90 Å². The molecule has 0 aromatic carbocycles. The topological polar surface area (TPSA) is 40.6 Å². The van der Waals surface area contributed by atoms with E-state index in [0.717, 1.165) is 0 Å². The van der Waals surface area contributed by atoms with Crippen LogP contribution in [0.1, 0.15) is 6.92 Å². The number of rotatable bonds is 1. The minimum atomic E-state index is -1.71. The van der Waals surface area contributed by atoms with E-state index in [1.807, 2.05) is 0 Å². The summed E-state index contributed by atoms with van der Waals surface area (Å²) in [6.07, 6.45) is 0. The molecule has 1 rings (SSSR count). The van der Waals surface area contributed by atoms with Crippen LogP contribution in [0.2, 0.25) is 19.6 Å². The van der Waals surface area contributed by atoms with Crippen molar-refractivity contribution in [2.75, 3.05) is 7.05 Å². The van der Waals surface area contributed by atoms with Crippen LogP contribution in [0.5, 0.6) is 0 Å². The van der Waals surface area contributed by atoms with Gasteiger partial charge < -0.3 is 4.57 Å². The van der Waals surface area contributed by atoms with Crippen LogP contribution in [-0.2, 0) is 4.79 Å². The molecule has 0 bridgehead atoms. The van der Waals surface area contributed by atoms with Crippen LogP contribution in [0.25, 0.3) is 0 Å². The SMILES string of the molecule is CC1C(=O)N(C)C(=O)N1[Si](C)(C)C. The van der Waals surface area contributed by atoms with Crippen molar-refractivity contribution in [2.24, 2.45) is 0 Å². The predicted octanol–water partition coefficient (Wildman–Crippen LogP) is 1.10.